The van der Waals surface area contributed by atoms with Gasteiger partial charge in [0.1, 0.15) is 11.5 Å². The normalized spacial score (nSPS) is 12.2. The van der Waals surface area contributed by atoms with Gasteiger partial charge in [0, 0.05) is 23.2 Å². The quantitative estimate of drug-likeness (QED) is 0.562. The highest BCUT2D eigenvalue weighted by molar-refractivity contribution is 7.99. The van der Waals surface area contributed by atoms with Gasteiger partial charge >= 0.3 is 0 Å². The van der Waals surface area contributed by atoms with E-state index in [9.17, 15) is 10.2 Å². The van der Waals surface area contributed by atoms with Crippen molar-refractivity contribution in [3.05, 3.63) is 54.1 Å². The topological polar surface area (TPSA) is 52.5 Å². The molecule has 0 fully saturated rings. The number of hydrogen-bond acceptors (Lipinski definition) is 4. The van der Waals surface area contributed by atoms with Crippen LogP contribution in [-0.4, -0.2) is 22.5 Å². The van der Waals surface area contributed by atoms with E-state index < -0.39 is 0 Å². The maximum Gasteiger partial charge on any atom is 0.124 e. The molecule has 4 heteroatoms. The number of rotatable bonds is 6. The van der Waals surface area contributed by atoms with Gasteiger partial charge in [-0.1, -0.05) is 24.3 Å². The van der Waals surface area contributed by atoms with Crippen LogP contribution in [0.15, 0.2) is 53.4 Å². The van der Waals surface area contributed by atoms with Gasteiger partial charge in [-0.2, -0.15) is 0 Å². The molecular weight excluding hydrogens is 270 g/mol. The molecule has 3 N–H and O–H groups in total. The van der Waals surface area contributed by atoms with Crippen molar-refractivity contribution in [2.24, 2.45) is 0 Å². The Balaban J connectivity index is 1.82. The monoisotopic (exact) mass is 289 g/mol. The van der Waals surface area contributed by atoms with E-state index in [0.717, 1.165) is 12.3 Å². The molecule has 0 spiro atoms. The lowest BCUT2D eigenvalue weighted by Crippen LogP contribution is -2.21. The minimum Gasteiger partial charge on any atom is -0.507 e. The first-order valence-electron chi connectivity index (χ1n) is 6.60. The van der Waals surface area contributed by atoms with Crippen molar-refractivity contribution < 1.29 is 10.2 Å². The van der Waals surface area contributed by atoms with Crippen molar-refractivity contribution in [2.45, 2.75) is 17.9 Å². The lowest BCUT2D eigenvalue weighted by Gasteiger charge is -2.16. The number of hydrogen-bond donors (Lipinski definition) is 3. The Kier molecular flexibility index (Phi) is 5.32. The first kappa shape index (κ1) is 14.8. The molecule has 0 radical (unpaired) electrons. The molecule has 20 heavy (non-hydrogen) atoms. The lowest BCUT2D eigenvalue weighted by atomic mass is 10.1. The third kappa shape index (κ3) is 3.92. The van der Waals surface area contributed by atoms with Gasteiger partial charge in [0.2, 0.25) is 0 Å². The molecule has 0 aliphatic carbocycles. The van der Waals surface area contributed by atoms with E-state index in [1.807, 2.05) is 25.1 Å². The Morgan fingerprint density at radius 3 is 2.30 bits per heavy atom. The fourth-order valence-corrected chi connectivity index (χ4v) is 2.85. The second-order valence-corrected chi connectivity index (χ2v) is 5.72. The predicted octanol–water partition coefficient (Wildman–Crippen LogP) is 3.54. The fourth-order valence-electron chi connectivity index (χ4n) is 2.05. The number of nitrogens with one attached hydrogen (secondary N) is 1. The minimum atomic E-state index is -0.0902. The summed E-state index contributed by atoms with van der Waals surface area (Å²) in [7, 11) is 0. The first-order chi connectivity index (χ1) is 9.68. The summed E-state index contributed by atoms with van der Waals surface area (Å²) in [5.41, 5.74) is 0.553. The molecule has 106 valence electrons. The highest BCUT2D eigenvalue weighted by Crippen LogP contribution is 2.32. The van der Waals surface area contributed by atoms with E-state index >= 15 is 0 Å². The van der Waals surface area contributed by atoms with Crippen LogP contribution in [0.3, 0.4) is 0 Å². The summed E-state index contributed by atoms with van der Waals surface area (Å²) in [6, 6.07) is 14.9. The van der Waals surface area contributed by atoms with E-state index in [2.05, 4.69) is 17.4 Å². The second-order valence-electron chi connectivity index (χ2n) is 4.55. The smallest absolute Gasteiger partial charge is 0.124 e. The Hall–Kier alpha value is -1.65. The van der Waals surface area contributed by atoms with Crippen LogP contribution < -0.4 is 5.32 Å². The number of benzene rings is 2. The SMILES string of the molecule is CC(NCCSc1ccccc1)c1c(O)cccc1O. The highest BCUT2D eigenvalue weighted by atomic mass is 32.2. The van der Waals surface area contributed by atoms with Crippen LogP contribution in [0.1, 0.15) is 18.5 Å². The lowest BCUT2D eigenvalue weighted by molar-refractivity contribution is 0.421. The summed E-state index contributed by atoms with van der Waals surface area (Å²) in [6.45, 7) is 2.73. The van der Waals surface area contributed by atoms with Gasteiger partial charge in [-0.3, -0.25) is 0 Å². The van der Waals surface area contributed by atoms with E-state index in [1.54, 1.807) is 30.0 Å². The summed E-state index contributed by atoms with van der Waals surface area (Å²) in [6.07, 6.45) is 0. The summed E-state index contributed by atoms with van der Waals surface area (Å²) < 4.78 is 0. The highest BCUT2D eigenvalue weighted by Gasteiger charge is 2.13. The number of phenolic OH excluding ortho intramolecular Hbond substituents is 2. The van der Waals surface area contributed by atoms with Crippen molar-refractivity contribution in [3.63, 3.8) is 0 Å². The molecule has 0 bridgehead atoms. The third-order valence-corrected chi connectivity index (χ3v) is 4.07. The molecule has 3 nitrogen and oxygen atoms in total. The number of phenols is 2. The summed E-state index contributed by atoms with van der Waals surface area (Å²) in [4.78, 5) is 1.24. The minimum absolute atomic E-state index is 0.0902. The molecule has 0 saturated carbocycles. The maximum atomic E-state index is 9.79. The van der Waals surface area contributed by atoms with Crippen LogP contribution in [-0.2, 0) is 0 Å². The molecule has 0 aromatic heterocycles. The van der Waals surface area contributed by atoms with Crippen LogP contribution in [0.25, 0.3) is 0 Å². The second kappa shape index (κ2) is 7.22. The molecule has 0 saturated heterocycles. The molecule has 0 heterocycles. The van der Waals surface area contributed by atoms with Crippen LogP contribution >= 0.6 is 11.8 Å². The summed E-state index contributed by atoms with van der Waals surface area (Å²) >= 11 is 1.78. The van der Waals surface area contributed by atoms with E-state index in [1.165, 1.54) is 4.90 Å². The fraction of sp³-hybridized carbons (Fsp3) is 0.250. The number of thioether (sulfide) groups is 1. The first-order valence-corrected chi connectivity index (χ1v) is 7.59. The van der Waals surface area contributed by atoms with Crippen molar-refractivity contribution in [1.82, 2.24) is 5.32 Å². The molecular formula is C16H19NO2S. The van der Waals surface area contributed by atoms with Crippen molar-refractivity contribution >= 4 is 11.8 Å². The Morgan fingerprint density at radius 1 is 1.00 bits per heavy atom. The molecule has 2 rings (SSSR count). The van der Waals surface area contributed by atoms with Gasteiger partial charge in [-0.05, 0) is 31.2 Å². The predicted molar refractivity (Wildman–Crippen MR) is 83.4 cm³/mol. The molecule has 0 amide bonds. The average molecular weight is 289 g/mol. The van der Waals surface area contributed by atoms with Crippen molar-refractivity contribution in [1.29, 1.82) is 0 Å². The maximum absolute atomic E-state index is 9.79. The largest absolute Gasteiger partial charge is 0.507 e. The molecule has 0 aliphatic rings. The Morgan fingerprint density at radius 2 is 1.65 bits per heavy atom. The van der Waals surface area contributed by atoms with Crippen LogP contribution in [0.2, 0.25) is 0 Å². The third-order valence-electron chi connectivity index (χ3n) is 3.06. The van der Waals surface area contributed by atoms with Gasteiger partial charge in [0.05, 0.1) is 5.56 Å². The zero-order valence-electron chi connectivity index (χ0n) is 11.4. The van der Waals surface area contributed by atoms with E-state index in [4.69, 9.17) is 0 Å². The van der Waals surface area contributed by atoms with Gasteiger partial charge in [0.15, 0.2) is 0 Å². The van der Waals surface area contributed by atoms with Crippen molar-refractivity contribution in [3.8, 4) is 11.5 Å². The van der Waals surface area contributed by atoms with Crippen LogP contribution in [0.4, 0.5) is 0 Å². The molecule has 1 unspecified atom stereocenters. The van der Waals surface area contributed by atoms with E-state index in [0.29, 0.717) is 5.56 Å². The number of aromatic hydroxyl groups is 2. The molecule has 1 atom stereocenters. The van der Waals surface area contributed by atoms with Gasteiger partial charge < -0.3 is 15.5 Å². The van der Waals surface area contributed by atoms with Crippen LogP contribution in [0.5, 0.6) is 11.5 Å². The zero-order chi connectivity index (χ0) is 14.4. The van der Waals surface area contributed by atoms with Crippen molar-refractivity contribution in [2.75, 3.05) is 12.3 Å². The summed E-state index contributed by atoms with van der Waals surface area (Å²) in [5, 5.41) is 22.9. The van der Waals surface area contributed by atoms with Gasteiger partial charge in [-0.15, -0.1) is 11.8 Å². The zero-order valence-corrected chi connectivity index (χ0v) is 12.2. The van der Waals surface area contributed by atoms with Gasteiger partial charge in [-0.25, -0.2) is 0 Å². The van der Waals surface area contributed by atoms with Gasteiger partial charge in [0.25, 0.3) is 0 Å². The Labute approximate surface area is 123 Å². The molecule has 2 aromatic carbocycles. The Bertz CT molecular complexity index is 525. The molecule has 0 aliphatic heterocycles. The summed E-state index contributed by atoms with van der Waals surface area (Å²) in [5.74, 6) is 1.18. The molecule has 2 aromatic rings. The van der Waals surface area contributed by atoms with E-state index in [-0.39, 0.29) is 17.5 Å². The standard InChI is InChI=1S/C16H19NO2S/c1-12(16-14(18)8-5-9-15(16)19)17-10-11-20-13-6-3-2-4-7-13/h2-9,12,17-19H,10-11H2,1H3. The average Bonchev–Trinajstić information content (AvgIpc) is 2.44. The van der Waals surface area contributed by atoms with Crippen LogP contribution in [0, 0.1) is 0 Å².